The van der Waals surface area contributed by atoms with Crippen molar-refractivity contribution in [3.63, 3.8) is 0 Å². The zero-order valence-corrected chi connectivity index (χ0v) is 10.6. The summed E-state index contributed by atoms with van der Waals surface area (Å²) in [5, 5.41) is 27.4. The number of aliphatic carboxylic acids is 2. The minimum Gasteiger partial charge on any atom is -0.481 e. The van der Waals surface area contributed by atoms with Crippen molar-refractivity contribution in [1.29, 1.82) is 0 Å². The van der Waals surface area contributed by atoms with Gasteiger partial charge in [0.1, 0.15) is 5.78 Å². The van der Waals surface area contributed by atoms with Gasteiger partial charge in [0, 0.05) is 0 Å². The molecule has 2 unspecified atom stereocenters. The molecule has 108 valence electrons. The number of Topliss-reactive ketones (excluding diaryl/α,β-unsaturated/α-hetero) is 1. The number of esters is 1. The van der Waals surface area contributed by atoms with Crippen LogP contribution in [0.5, 0.6) is 0 Å². The van der Waals surface area contributed by atoms with Gasteiger partial charge in [0.2, 0.25) is 0 Å². The lowest BCUT2D eigenvalue weighted by Crippen LogP contribution is -2.54. The van der Waals surface area contributed by atoms with Gasteiger partial charge in [0.15, 0.2) is 11.5 Å². The number of carboxylic acids is 2. The third-order valence-corrected chi connectivity index (χ3v) is 2.36. The van der Waals surface area contributed by atoms with E-state index in [1.807, 2.05) is 0 Å². The molecular weight excluding hydrogens is 260 g/mol. The number of carboxylic acid groups (broad SMARTS) is 2. The molecule has 0 saturated heterocycles. The molecule has 0 spiro atoms. The Kier molecular flexibility index (Phi) is 6.13. The van der Waals surface area contributed by atoms with E-state index in [1.165, 1.54) is 0 Å². The van der Waals surface area contributed by atoms with Gasteiger partial charge >= 0.3 is 17.9 Å². The smallest absolute Gasteiger partial charge is 0.337 e. The summed E-state index contributed by atoms with van der Waals surface area (Å²) in [6, 6.07) is 0. The zero-order valence-electron chi connectivity index (χ0n) is 10.6. The lowest BCUT2D eigenvalue weighted by molar-refractivity contribution is -0.182. The molecule has 8 heteroatoms. The number of aliphatic hydroxyl groups is 1. The standard InChI is InChI=1S/C11H16O8/c1-3-4-19-9(15)8(6(2)12)11(18,10(16)17)5-7(13)14/h8,18H,3-5H2,1-2H3,(H,13,14)(H,16,17). The minimum atomic E-state index is -3.03. The summed E-state index contributed by atoms with van der Waals surface area (Å²) < 4.78 is 4.62. The first-order valence-corrected chi connectivity index (χ1v) is 5.51. The first-order chi connectivity index (χ1) is 8.66. The van der Waals surface area contributed by atoms with Gasteiger partial charge in [0.05, 0.1) is 13.0 Å². The molecular formula is C11H16O8. The monoisotopic (exact) mass is 276 g/mol. The number of hydrogen-bond acceptors (Lipinski definition) is 6. The van der Waals surface area contributed by atoms with Crippen molar-refractivity contribution < 1.29 is 39.2 Å². The molecule has 0 saturated carbocycles. The summed E-state index contributed by atoms with van der Waals surface area (Å²) >= 11 is 0. The first kappa shape index (κ1) is 17.0. The maximum Gasteiger partial charge on any atom is 0.337 e. The highest BCUT2D eigenvalue weighted by molar-refractivity contribution is 6.05. The number of rotatable bonds is 8. The first-order valence-electron chi connectivity index (χ1n) is 5.51. The van der Waals surface area contributed by atoms with Crippen LogP contribution in [0.2, 0.25) is 0 Å². The number of ether oxygens (including phenoxy) is 1. The summed E-state index contributed by atoms with van der Waals surface area (Å²) in [6.45, 7) is 2.50. The van der Waals surface area contributed by atoms with Crippen molar-refractivity contribution in [3.05, 3.63) is 0 Å². The van der Waals surface area contributed by atoms with E-state index in [2.05, 4.69) is 4.74 Å². The lowest BCUT2D eigenvalue weighted by Gasteiger charge is -2.27. The summed E-state index contributed by atoms with van der Waals surface area (Å²) in [7, 11) is 0. The quantitative estimate of drug-likeness (QED) is 0.396. The molecule has 0 fully saturated rings. The Morgan fingerprint density at radius 3 is 2.05 bits per heavy atom. The van der Waals surface area contributed by atoms with Crippen LogP contribution in [0.4, 0.5) is 0 Å². The van der Waals surface area contributed by atoms with Gasteiger partial charge in [-0.3, -0.25) is 14.4 Å². The molecule has 0 bridgehead atoms. The van der Waals surface area contributed by atoms with Crippen molar-refractivity contribution in [2.75, 3.05) is 6.61 Å². The predicted octanol–water partition coefficient (Wildman–Crippen LogP) is -0.565. The van der Waals surface area contributed by atoms with Crippen LogP contribution in [-0.2, 0) is 23.9 Å². The maximum absolute atomic E-state index is 11.6. The number of carbonyl (C=O) groups excluding carboxylic acids is 2. The normalized spacial score (nSPS) is 15.1. The predicted molar refractivity (Wildman–Crippen MR) is 60.3 cm³/mol. The van der Waals surface area contributed by atoms with Gasteiger partial charge in [-0.2, -0.15) is 0 Å². The molecule has 0 aliphatic carbocycles. The van der Waals surface area contributed by atoms with Crippen LogP contribution in [0, 0.1) is 5.92 Å². The third kappa shape index (κ3) is 4.32. The van der Waals surface area contributed by atoms with Crippen LogP contribution in [0.3, 0.4) is 0 Å². The van der Waals surface area contributed by atoms with E-state index in [-0.39, 0.29) is 6.61 Å². The highest BCUT2D eigenvalue weighted by atomic mass is 16.5. The Morgan fingerprint density at radius 1 is 1.21 bits per heavy atom. The van der Waals surface area contributed by atoms with E-state index in [9.17, 15) is 24.3 Å². The van der Waals surface area contributed by atoms with Crippen LogP contribution in [0.1, 0.15) is 26.7 Å². The number of carbonyl (C=O) groups is 4. The topological polar surface area (TPSA) is 138 Å². The van der Waals surface area contributed by atoms with E-state index in [1.54, 1.807) is 6.92 Å². The molecule has 19 heavy (non-hydrogen) atoms. The van der Waals surface area contributed by atoms with E-state index >= 15 is 0 Å². The highest BCUT2D eigenvalue weighted by Gasteiger charge is 2.53. The van der Waals surface area contributed by atoms with Crippen LogP contribution < -0.4 is 0 Å². The molecule has 3 N–H and O–H groups in total. The third-order valence-electron chi connectivity index (χ3n) is 2.36. The zero-order chi connectivity index (χ0) is 15.2. The molecule has 0 heterocycles. The SMILES string of the molecule is CCCOC(=O)C(C(C)=O)C(O)(CC(=O)O)C(=O)O. The summed E-state index contributed by atoms with van der Waals surface area (Å²) in [5.41, 5.74) is -3.03. The molecule has 0 aliphatic heterocycles. The maximum atomic E-state index is 11.6. The fourth-order valence-electron chi connectivity index (χ4n) is 1.51. The second-order valence-corrected chi connectivity index (χ2v) is 4.01. The molecule has 0 radical (unpaired) electrons. The Labute approximate surface area is 109 Å². The molecule has 0 aromatic rings. The average molecular weight is 276 g/mol. The summed E-state index contributed by atoms with van der Waals surface area (Å²) in [5.74, 6) is -7.93. The average Bonchev–Trinajstić information content (AvgIpc) is 2.24. The van der Waals surface area contributed by atoms with E-state index < -0.39 is 41.6 Å². The minimum absolute atomic E-state index is 0.0641. The summed E-state index contributed by atoms with van der Waals surface area (Å²) in [4.78, 5) is 44.6. The van der Waals surface area contributed by atoms with Crippen molar-refractivity contribution in [2.24, 2.45) is 5.92 Å². The fraction of sp³-hybridized carbons (Fsp3) is 0.636. The van der Waals surface area contributed by atoms with Crippen molar-refractivity contribution in [2.45, 2.75) is 32.3 Å². The molecule has 0 aromatic heterocycles. The Hall–Kier alpha value is -1.96. The number of hydrogen-bond donors (Lipinski definition) is 3. The second kappa shape index (κ2) is 6.83. The lowest BCUT2D eigenvalue weighted by atomic mass is 9.82. The molecule has 0 rings (SSSR count). The molecule has 0 amide bonds. The Bertz CT molecular complexity index is 388. The Balaban J connectivity index is 5.41. The van der Waals surface area contributed by atoms with E-state index in [0.29, 0.717) is 6.42 Å². The van der Waals surface area contributed by atoms with Gasteiger partial charge in [-0.15, -0.1) is 0 Å². The van der Waals surface area contributed by atoms with Crippen molar-refractivity contribution in [1.82, 2.24) is 0 Å². The number of ketones is 1. The van der Waals surface area contributed by atoms with Crippen LogP contribution in [0.25, 0.3) is 0 Å². The van der Waals surface area contributed by atoms with Gasteiger partial charge < -0.3 is 20.1 Å². The fourth-order valence-corrected chi connectivity index (χ4v) is 1.51. The molecule has 0 aromatic carbocycles. The molecule has 8 nitrogen and oxygen atoms in total. The van der Waals surface area contributed by atoms with Gasteiger partial charge in [-0.05, 0) is 13.3 Å². The van der Waals surface area contributed by atoms with Crippen LogP contribution >= 0.6 is 0 Å². The van der Waals surface area contributed by atoms with Gasteiger partial charge in [-0.25, -0.2) is 4.79 Å². The van der Waals surface area contributed by atoms with Gasteiger partial charge in [0.25, 0.3) is 0 Å². The molecule has 0 aliphatic rings. The van der Waals surface area contributed by atoms with Gasteiger partial charge in [-0.1, -0.05) is 6.92 Å². The highest BCUT2D eigenvalue weighted by Crippen LogP contribution is 2.25. The Morgan fingerprint density at radius 2 is 1.74 bits per heavy atom. The largest absolute Gasteiger partial charge is 0.481 e. The second-order valence-electron chi connectivity index (χ2n) is 4.01. The van der Waals surface area contributed by atoms with Crippen LogP contribution in [-0.4, -0.2) is 51.2 Å². The van der Waals surface area contributed by atoms with Crippen LogP contribution in [0.15, 0.2) is 0 Å². The van der Waals surface area contributed by atoms with E-state index in [0.717, 1.165) is 6.92 Å². The van der Waals surface area contributed by atoms with Crippen molar-refractivity contribution in [3.8, 4) is 0 Å². The molecule has 2 atom stereocenters. The van der Waals surface area contributed by atoms with Crippen molar-refractivity contribution >= 4 is 23.7 Å². The summed E-state index contributed by atoms with van der Waals surface area (Å²) in [6.07, 6.45) is -0.853. The van der Waals surface area contributed by atoms with E-state index in [4.69, 9.17) is 10.2 Å².